The Hall–Kier alpha value is -0.680. The van der Waals surface area contributed by atoms with Crippen molar-refractivity contribution in [1.29, 1.82) is 0 Å². The van der Waals surface area contributed by atoms with Crippen LogP contribution >= 0.6 is 0 Å². The molecule has 1 unspecified atom stereocenters. The molecule has 1 aliphatic heterocycles. The van der Waals surface area contributed by atoms with Gasteiger partial charge in [0.2, 0.25) is 6.04 Å². The van der Waals surface area contributed by atoms with E-state index in [0.29, 0.717) is 13.0 Å². The Balaban J connectivity index is 2.39. The fourth-order valence-electron chi connectivity index (χ4n) is 0.908. The molecule has 3 N–H and O–H groups in total. The summed E-state index contributed by atoms with van der Waals surface area (Å²) in [6.45, 7) is 0.411. The number of hydrogen-bond donors (Lipinski definition) is 2. The molecule has 52 valence electrons. The second-order valence-electron chi connectivity index (χ2n) is 2.19. The normalized spacial score (nSPS) is 34.8. The molecule has 0 aromatic carbocycles. The molecule has 0 amide bonds. The summed E-state index contributed by atoms with van der Waals surface area (Å²) in [6.07, 6.45) is 0.271. The first-order valence-corrected chi connectivity index (χ1v) is 2.82. The van der Waals surface area contributed by atoms with Gasteiger partial charge < -0.3 is 5.73 Å². The number of rotatable bonds is 1. The lowest BCUT2D eigenvalue weighted by Crippen LogP contribution is -2.30. The second kappa shape index (κ2) is 2.28. The van der Waals surface area contributed by atoms with Crippen molar-refractivity contribution in [2.24, 2.45) is 5.73 Å². The lowest BCUT2D eigenvalue weighted by atomic mass is 10.2. The number of nitrogens with zero attached hydrogens (tertiary/aromatic N) is 1. The second-order valence-corrected chi connectivity index (χ2v) is 2.19. The molecule has 1 heterocycles. The maximum Gasteiger partial charge on any atom is 0.228 e. The summed E-state index contributed by atoms with van der Waals surface area (Å²) in [5.74, 6) is 0. The maximum atomic E-state index is 10.1. The number of nitrogens with two attached hydrogens (primary N) is 1. The average molecular weight is 131 g/mol. The van der Waals surface area contributed by atoms with Crippen LogP contribution in [0.1, 0.15) is 6.42 Å². The zero-order valence-corrected chi connectivity index (χ0v) is 4.91. The fourth-order valence-corrected chi connectivity index (χ4v) is 0.908. The van der Waals surface area contributed by atoms with Gasteiger partial charge >= 0.3 is 0 Å². The van der Waals surface area contributed by atoms with Gasteiger partial charge in [-0.25, -0.2) is 0 Å². The van der Waals surface area contributed by atoms with Gasteiger partial charge in [0.25, 0.3) is 0 Å². The quantitative estimate of drug-likeness (QED) is 0.350. The van der Waals surface area contributed by atoms with E-state index in [9.17, 15) is 10.1 Å². The van der Waals surface area contributed by atoms with Crippen LogP contribution in [0.2, 0.25) is 0 Å². The highest BCUT2D eigenvalue weighted by atomic mass is 16.6. The minimum atomic E-state index is -0.472. The highest BCUT2D eigenvalue weighted by Crippen LogP contribution is 2.04. The Morgan fingerprint density at radius 1 is 1.78 bits per heavy atom. The van der Waals surface area contributed by atoms with Crippen molar-refractivity contribution in [2.75, 3.05) is 6.54 Å². The van der Waals surface area contributed by atoms with E-state index in [2.05, 4.69) is 5.32 Å². The van der Waals surface area contributed by atoms with Crippen molar-refractivity contribution in [3.05, 3.63) is 10.1 Å². The van der Waals surface area contributed by atoms with E-state index < -0.39 is 6.04 Å². The molecule has 0 aromatic rings. The van der Waals surface area contributed by atoms with E-state index in [4.69, 9.17) is 5.73 Å². The highest BCUT2D eigenvalue weighted by Gasteiger charge is 2.29. The molecule has 0 bridgehead atoms. The lowest BCUT2D eigenvalue weighted by molar-refractivity contribution is -0.517. The van der Waals surface area contributed by atoms with E-state index in [1.54, 1.807) is 0 Å². The van der Waals surface area contributed by atoms with Gasteiger partial charge in [0.15, 0.2) is 0 Å². The molecular weight excluding hydrogens is 122 g/mol. The third-order valence-corrected chi connectivity index (χ3v) is 1.44. The first-order valence-electron chi connectivity index (χ1n) is 2.82. The Bertz CT molecular complexity index is 127. The maximum absolute atomic E-state index is 10.1. The largest absolute Gasteiger partial charge is 0.316 e. The third-order valence-electron chi connectivity index (χ3n) is 1.44. The standard InChI is InChI=1S/C4H9N3O2/c5-4-1-3(2-6-4)7(8)9/h3-4,6H,1-2,5H2/t3-,4?/m1/s1. The van der Waals surface area contributed by atoms with Gasteiger partial charge in [-0.3, -0.25) is 15.4 Å². The molecule has 1 rings (SSSR count). The SMILES string of the molecule is NC1C[C@@H]([N+](=O)[O-])CN1. The average Bonchev–Trinajstić information content (AvgIpc) is 2.14. The molecule has 1 fully saturated rings. The summed E-state index contributed by atoms with van der Waals surface area (Å²) >= 11 is 0. The van der Waals surface area contributed by atoms with Crippen molar-refractivity contribution < 1.29 is 4.92 Å². The van der Waals surface area contributed by atoms with Crippen LogP contribution in [0.15, 0.2) is 0 Å². The summed E-state index contributed by atoms with van der Waals surface area (Å²) in [5.41, 5.74) is 5.35. The van der Waals surface area contributed by atoms with Gasteiger partial charge in [-0.05, 0) is 0 Å². The summed E-state index contributed by atoms with van der Waals surface area (Å²) in [6, 6.07) is -0.472. The third kappa shape index (κ3) is 1.36. The van der Waals surface area contributed by atoms with Gasteiger partial charge in [0, 0.05) is 11.3 Å². The zero-order chi connectivity index (χ0) is 6.85. The van der Waals surface area contributed by atoms with Crippen LogP contribution < -0.4 is 11.1 Å². The molecule has 9 heavy (non-hydrogen) atoms. The Labute approximate surface area is 52.4 Å². The molecule has 1 saturated heterocycles. The monoisotopic (exact) mass is 131 g/mol. The van der Waals surface area contributed by atoms with Gasteiger partial charge in [0.1, 0.15) is 0 Å². The van der Waals surface area contributed by atoms with Crippen molar-refractivity contribution in [3.8, 4) is 0 Å². The molecule has 5 heteroatoms. The first-order chi connectivity index (χ1) is 4.20. The topological polar surface area (TPSA) is 81.2 Å². The summed E-state index contributed by atoms with van der Waals surface area (Å²) in [5, 5.41) is 12.8. The molecule has 0 aliphatic carbocycles. The van der Waals surface area contributed by atoms with Gasteiger partial charge in [-0.1, -0.05) is 0 Å². The van der Waals surface area contributed by atoms with Gasteiger partial charge in [0.05, 0.1) is 12.7 Å². The molecule has 0 radical (unpaired) electrons. The van der Waals surface area contributed by atoms with E-state index >= 15 is 0 Å². The Morgan fingerprint density at radius 3 is 2.67 bits per heavy atom. The smallest absolute Gasteiger partial charge is 0.228 e. The number of nitrogens with one attached hydrogen (secondary N) is 1. The van der Waals surface area contributed by atoms with Crippen LogP contribution in [0.25, 0.3) is 0 Å². The summed E-state index contributed by atoms with van der Waals surface area (Å²) in [7, 11) is 0. The van der Waals surface area contributed by atoms with E-state index in [1.165, 1.54) is 0 Å². The minimum absolute atomic E-state index is 0.180. The zero-order valence-electron chi connectivity index (χ0n) is 4.91. The molecule has 2 atom stereocenters. The first kappa shape index (κ1) is 6.44. The molecule has 0 saturated carbocycles. The Morgan fingerprint density at radius 2 is 2.44 bits per heavy atom. The van der Waals surface area contributed by atoms with Gasteiger partial charge in [-0.2, -0.15) is 0 Å². The molecule has 0 aromatic heterocycles. The fraction of sp³-hybridized carbons (Fsp3) is 1.00. The molecule has 1 aliphatic rings. The number of nitro groups is 1. The summed E-state index contributed by atoms with van der Waals surface area (Å²) in [4.78, 5) is 9.77. The lowest BCUT2D eigenvalue weighted by Gasteiger charge is -1.96. The van der Waals surface area contributed by atoms with Crippen LogP contribution in [-0.4, -0.2) is 23.7 Å². The number of hydrogen-bond acceptors (Lipinski definition) is 4. The minimum Gasteiger partial charge on any atom is -0.316 e. The predicted molar refractivity (Wildman–Crippen MR) is 31.4 cm³/mol. The van der Waals surface area contributed by atoms with Crippen LogP contribution in [0, 0.1) is 10.1 Å². The molecular formula is C4H9N3O2. The summed E-state index contributed by atoms with van der Waals surface area (Å²) < 4.78 is 0. The molecule has 5 nitrogen and oxygen atoms in total. The van der Waals surface area contributed by atoms with Crippen molar-refractivity contribution in [2.45, 2.75) is 18.6 Å². The highest BCUT2D eigenvalue weighted by molar-refractivity contribution is 4.76. The molecule has 0 spiro atoms. The van der Waals surface area contributed by atoms with E-state index in [1.807, 2.05) is 0 Å². The van der Waals surface area contributed by atoms with Crippen LogP contribution in [0.5, 0.6) is 0 Å². The predicted octanol–water partition coefficient (Wildman–Crippen LogP) is -1.09. The van der Waals surface area contributed by atoms with Crippen molar-refractivity contribution in [1.82, 2.24) is 5.32 Å². The van der Waals surface area contributed by atoms with Crippen molar-refractivity contribution in [3.63, 3.8) is 0 Å². The van der Waals surface area contributed by atoms with Gasteiger partial charge in [-0.15, -0.1) is 0 Å². The van der Waals surface area contributed by atoms with Crippen LogP contribution in [0.4, 0.5) is 0 Å². The van der Waals surface area contributed by atoms with Crippen LogP contribution in [-0.2, 0) is 0 Å². The van der Waals surface area contributed by atoms with Crippen molar-refractivity contribution >= 4 is 0 Å². The van der Waals surface area contributed by atoms with Crippen LogP contribution in [0.3, 0.4) is 0 Å². The van der Waals surface area contributed by atoms with E-state index in [0.717, 1.165) is 0 Å². The Kier molecular flexibility index (Phi) is 1.63. The van der Waals surface area contributed by atoms with E-state index in [-0.39, 0.29) is 11.1 Å².